The minimum absolute atomic E-state index is 0.295. The van der Waals surface area contributed by atoms with Crippen LogP contribution < -0.4 is 44.4 Å². The number of benzene rings is 6. The second-order valence-corrected chi connectivity index (χ2v) is 16.0. The number of hydrogen-bond donors (Lipinski definition) is 0. The fourth-order valence-corrected chi connectivity index (χ4v) is 6.80. The van der Waals surface area contributed by atoms with E-state index in [0.717, 1.165) is 22.9 Å². The average Bonchev–Trinajstić information content (AvgIpc) is 3.39. The molecule has 72 heavy (non-hydrogen) atoms. The Bertz CT molecular complexity index is 3200. The topological polar surface area (TPSA) is 185 Å². The highest BCUT2D eigenvalue weighted by atomic mass is 35.5. The van der Waals surface area contributed by atoms with E-state index in [0.29, 0.717) is 120 Å². The van der Waals surface area contributed by atoms with E-state index in [1.165, 1.54) is 19.2 Å². The van der Waals surface area contributed by atoms with Crippen molar-refractivity contribution in [1.82, 2.24) is 0 Å². The van der Waals surface area contributed by atoms with Crippen molar-refractivity contribution in [2.24, 2.45) is 0 Å². The van der Waals surface area contributed by atoms with Crippen LogP contribution in [0.15, 0.2) is 170 Å². The molecule has 2 heterocycles. The number of halogens is 1. The number of carbonyl (C=O) groups is 3. The standard InChI is InChI=1S/C45H36O12.C11H13ClO3/c1-29-26-38(54-44(48)32-6-12-34(13-7-32)50-22-2-24-52-36-16-4-30-10-20-42(46)55-40(30)27-36)18-19-39(29)57-45(49)33-8-14-35(15-9-33)51-23-3-25-53-37-17-5-31-11-21-43(47)56-41(31)28-37;1-14-11(13)9-3-5-10(6-4-9)15-8-2-7-12/h4-21,26-28H,2-3,22-25H2,1H3;3-6H,2,7-8H2,1H3. The maximum atomic E-state index is 12.9. The molecule has 0 saturated carbocycles. The predicted molar refractivity (Wildman–Crippen MR) is 269 cm³/mol. The molecule has 0 amide bonds. The Balaban J connectivity index is 0.000000435. The normalized spacial score (nSPS) is 10.7. The van der Waals surface area contributed by atoms with Crippen LogP contribution in [0.4, 0.5) is 0 Å². The summed E-state index contributed by atoms with van der Waals surface area (Å²) in [7, 11) is 1.35. The van der Waals surface area contributed by atoms with Gasteiger partial charge in [-0.3, -0.25) is 0 Å². The fraction of sp³-hybridized carbons (Fsp3) is 0.196. The van der Waals surface area contributed by atoms with Crippen molar-refractivity contribution >= 4 is 51.4 Å². The smallest absolute Gasteiger partial charge is 0.343 e. The Kier molecular flexibility index (Phi) is 18.4. The fourth-order valence-electron chi connectivity index (χ4n) is 6.69. The lowest BCUT2D eigenvalue weighted by atomic mass is 10.2. The number of hydrogen-bond acceptors (Lipinski definition) is 15. The summed E-state index contributed by atoms with van der Waals surface area (Å²) >= 11 is 5.51. The largest absolute Gasteiger partial charge is 0.494 e. The monoisotopic (exact) mass is 996 g/mol. The van der Waals surface area contributed by atoms with Gasteiger partial charge < -0.3 is 46.7 Å². The molecule has 8 aromatic rings. The van der Waals surface area contributed by atoms with Gasteiger partial charge in [-0.15, -0.1) is 11.6 Å². The Morgan fingerprint density at radius 3 is 1.24 bits per heavy atom. The van der Waals surface area contributed by atoms with Crippen LogP contribution in [-0.2, 0) is 4.74 Å². The van der Waals surface area contributed by atoms with Crippen LogP contribution in [-0.4, -0.2) is 63.9 Å². The van der Waals surface area contributed by atoms with Crippen LogP contribution in [0, 0.1) is 6.92 Å². The summed E-state index contributed by atoms with van der Waals surface area (Å²) in [5.74, 6) is 2.84. The van der Waals surface area contributed by atoms with Crippen molar-refractivity contribution in [3.05, 3.63) is 195 Å². The zero-order valence-corrected chi connectivity index (χ0v) is 40.1. The van der Waals surface area contributed by atoms with Gasteiger partial charge >= 0.3 is 29.2 Å². The molecular weight excluding hydrogens is 948 g/mol. The van der Waals surface area contributed by atoms with Crippen LogP contribution in [0.5, 0.6) is 40.2 Å². The van der Waals surface area contributed by atoms with Gasteiger partial charge in [0.1, 0.15) is 51.4 Å². The molecule has 0 aliphatic rings. The molecule has 6 aromatic carbocycles. The first kappa shape index (κ1) is 51.3. The van der Waals surface area contributed by atoms with Gasteiger partial charge in [0.05, 0.1) is 56.8 Å². The Morgan fingerprint density at radius 2 is 0.806 bits per heavy atom. The first-order chi connectivity index (χ1) is 35.0. The number of esters is 3. The molecule has 0 saturated heterocycles. The summed E-state index contributed by atoms with van der Waals surface area (Å²) < 4.78 is 54.6. The van der Waals surface area contributed by atoms with Crippen molar-refractivity contribution in [1.29, 1.82) is 0 Å². The van der Waals surface area contributed by atoms with E-state index in [-0.39, 0.29) is 5.97 Å². The third kappa shape index (κ3) is 15.2. The Hall–Kier alpha value is -8.56. The van der Waals surface area contributed by atoms with Gasteiger partial charge in [0.15, 0.2) is 0 Å². The van der Waals surface area contributed by atoms with Gasteiger partial charge in [-0.2, -0.15) is 0 Å². The minimum Gasteiger partial charge on any atom is -0.494 e. The number of carbonyl (C=O) groups excluding carboxylic acids is 3. The van der Waals surface area contributed by atoms with Crippen molar-refractivity contribution < 1.29 is 61.1 Å². The molecule has 2 aromatic heterocycles. The highest BCUT2D eigenvalue weighted by Gasteiger charge is 2.15. The number of fused-ring (bicyclic) bond motifs is 2. The maximum absolute atomic E-state index is 12.9. The Labute approximate surface area is 418 Å². The number of aryl methyl sites for hydroxylation is 1. The van der Waals surface area contributed by atoms with Crippen LogP contribution >= 0.6 is 11.6 Å². The third-order valence-corrected chi connectivity index (χ3v) is 10.7. The molecular formula is C56H49ClO15. The highest BCUT2D eigenvalue weighted by molar-refractivity contribution is 6.17. The second-order valence-electron chi connectivity index (χ2n) is 15.7. The van der Waals surface area contributed by atoms with E-state index in [1.54, 1.807) is 122 Å². The first-order valence-electron chi connectivity index (χ1n) is 22.7. The van der Waals surface area contributed by atoms with Gasteiger partial charge in [-0.25, -0.2) is 24.0 Å². The average molecular weight is 997 g/mol. The summed E-state index contributed by atoms with van der Waals surface area (Å²) in [5, 5.41) is 1.62. The quantitative estimate of drug-likeness (QED) is 0.0217. The van der Waals surface area contributed by atoms with E-state index >= 15 is 0 Å². The first-order valence-corrected chi connectivity index (χ1v) is 23.3. The maximum Gasteiger partial charge on any atom is 0.343 e. The van der Waals surface area contributed by atoms with Crippen LogP contribution in [0.2, 0.25) is 0 Å². The molecule has 0 bridgehead atoms. The summed E-state index contributed by atoms with van der Waals surface area (Å²) in [6, 6.07) is 41.5. The lowest BCUT2D eigenvalue weighted by Gasteiger charge is -2.11. The third-order valence-electron chi connectivity index (χ3n) is 10.4. The molecule has 0 aliphatic carbocycles. The van der Waals surface area contributed by atoms with Crippen molar-refractivity contribution in [3.8, 4) is 40.2 Å². The van der Waals surface area contributed by atoms with Crippen molar-refractivity contribution in [2.75, 3.05) is 46.0 Å². The van der Waals surface area contributed by atoms with Gasteiger partial charge in [-0.1, -0.05) is 0 Å². The number of methoxy groups -OCH3 is 1. The van der Waals surface area contributed by atoms with E-state index in [9.17, 15) is 24.0 Å². The summed E-state index contributed by atoms with van der Waals surface area (Å²) in [5.41, 5.74) is 1.88. The number of ether oxygens (including phenoxy) is 8. The SMILES string of the molecule is COC(=O)c1ccc(OCCCCl)cc1.Cc1cc(OC(=O)c2ccc(OCCCOc3ccc4ccc(=O)oc4c3)cc2)ccc1OC(=O)c1ccc(OCCCOc2ccc3ccc(=O)oc3c2)cc1. The zero-order chi connectivity index (χ0) is 50.7. The molecule has 370 valence electrons. The van der Waals surface area contributed by atoms with Crippen LogP contribution in [0.3, 0.4) is 0 Å². The summed E-state index contributed by atoms with van der Waals surface area (Å²) in [6.07, 6.45) is 2.01. The summed E-state index contributed by atoms with van der Waals surface area (Å²) in [4.78, 5) is 59.7. The van der Waals surface area contributed by atoms with Crippen LogP contribution in [0.1, 0.15) is 55.9 Å². The predicted octanol–water partition coefficient (Wildman–Crippen LogP) is 10.8. The summed E-state index contributed by atoms with van der Waals surface area (Å²) in [6.45, 7) is 3.89. The molecule has 0 N–H and O–H groups in total. The molecule has 15 nitrogen and oxygen atoms in total. The molecule has 0 atom stereocenters. The lowest BCUT2D eigenvalue weighted by Crippen LogP contribution is -2.11. The van der Waals surface area contributed by atoms with E-state index < -0.39 is 23.2 Å². The lowest BCUT2D eigenvalue weighted by molar-refractivity contribution is 0.0599. The van der Waals surface area contributed by atoms with Gasteiger partial charge in [0.2, 0.25) is 0 Å². The van der Waals surface area contributed by atoms with Gasteiger partial charge in [0, 0.05) is 53.8 Å². The molecule has 0 spiro atoms. The van der Waals surface area contributed by atoms with Crippen molar-refractivity contribution in [2.45, 2.75) is 26.2 Å². The zero-order valence-electron chi connectivity index (χ0n) is 39.3. The highest BCUT2D eigenvalue weighted by Crippen LogP contribution is 2.27. The molecule has 0 fully saturated rings. The Morgan fingerprint density at radius 1 is 0.431 bits per heavy atom. The van der Waals surface area contributed by atoms with Crippen LogP contribution in [0.25, 0.3) is 21.9 Å². The van der Waals surface area contributed by atoms with E-state index in [2.05, 4.69) is 4.74 Å². The van der Waals surface area contributed by atoms with E-state index in [4.69, 9.17) is 53.6 Å². The molecule has 0 unspecified atom stereocenters. The van der Waals surface area contributed by atoms with E-state index in [1.807, 2.05) is 24.3 Å². The number of rotatable bonds is 21. The van der Waals surface area contributed by atoms with Crippen molar-refractivity contribution in [3.63, 3.8) is 0 Å². The molecule has 8 rings (SSSR count). The second kappa shape index (κ2) is 25.9. The number of alkyl halides is 1. The molecule has 16 heteroatoms. The minimum atomic E-state index is -0.554. The molecule has 0 aliphatic heterocycles. The van der Waals surface area contributed by atoms with Gasteiger partial charge in [0.25, 0.3) is 0 Å². The van der Waals surface area contributed by atoms with Gasteiger partial charge in [-0.05, 0) is 146 Å². The molecule has 0 radical (unpaired) electrons.